The molecule has 2 aliphatic rings. The van der Waals surface area contributed by atoms with Crippen LogP contribution in [0.2, 0.25) is 5.02 Å². The first-order chi connectivity index (χ1) is 15.1. The first-order valence-corrected chi connectivity index (χ1v) is 11.4. The van der Waals surface area contributed by atoms with Crippen molar-refractivity contribution >= 4 is 40.3 Å². The Labute approximate surface area is 185 Å². The molecule has 9 heteroatoms. The Kier molecular flexibility index (Phi) is 5.67. The van der Waals surface area contributed by atoms with E-state index in [4.69, 9.17) is 16.6 Å². The number of aliphatic hydroxyl groups excluding tert-OH is 1. The molecule has 0 atom stereocenters. The molecule has 164 valence electrons. The third-order valence-corrected chi connectivity index (χ3v) is 6.57. The quantitative estimate of drug-likeness (QED) is 0.501. The van der Waals surface area contributed by atoms with Crippen LogP contribution in [0, 0.1) is 5.82 Å². The van der Waals surface area contributed by atoms with Crippen molar-refractivity contribution in [3.8, 4) is 0 Å². The summed E-state index contributed by atoms with van der Waals surface area (Å²) in [5, 5.41) is 16.6. The van der Waals surface area contributed by atoms with Crippen LogP contribution in [0.4, 0.5) is 22.0 Å². The van der Waals surface area contributed by atoms with Crippen molar-refractivity contribution in [1.29, 1.82) is 0 Å². The van der Waals surface area contributed by atoms with E-state index in [9.17, 15) is 9.50 Å². The Morgan fingerprint density at radius 3 is 2.58 bits per heavy atom. The average Bonchev–Trinajstić information content (AvgIpc) is 3.39. The molecule has 2 fully saturated rings. The molecule has 0 saturated heterocycles. The van der Waals surface area contributed by atoms with E-state index in [1.807, 2.05) is 0 Å². The maximum Gasteiger partial charge on any atom is 0.224 e. The highest BCUT2D eigenvalue weighted by Gasteiger charge is 2.25. The summed E-state index contributed by atoms with van der Waals surface area (Å²) in [6.07, 6.45) is 9.28. The molecule has 2 aromatic heterocycles. The van der Waals surface area contributed by atoms with Crippen LogP contribution in [-0.2, 0) is 0 Å². The van der Waals surface area contributed by atoms with E-state index < -0.39 is 5.82 Å². The fourth-order valence-electron chi connectivity index (χ4n) is 4.67. The van der Waals surface area contributed by atoms with Gasteiger partial charge in [0.25, 0.3) is 0 Å². The number of fused-ring (bicyclic) bond motifs is 1. The third-order valence-electron chi connectivity index (χ3n) is 6.33. The molecule has 2 heterocycles. The van der Waals surface area contributed by atoms with E-state index in [0.717, 1.165) is 57.0 Å². The predicted octanol–water partition coefficient (Wildman–Crippen LogP) is 5.19. The molecule has 5 rings (SSSR count). The van der Waals surface area contributed by atoms with Gasteiger partial charge in [-0.25, -0.2) is 14.4 Å². The number of halogens is 2. The van der Waals surface area contributed by atoms with Crippen LogP contribution >= 0.6 is 11.6 Å². The number of rotatable bonds is 5. The predicted molar refractivity (Wildman–Crippen MR) is 119 cm³/mol. The highest BCUT2D eigenvalue weighted by molar-refractivity contribution is 6.30. The second-order valence-corrected chi connectivity index (χ2v) is 8.98. The van der Waals surface area contributed by atoms with Gasteiger partial charge < -0.3 is 15.7 Å². The van der Waals surface area contributed by atoms with E-state index in [-0.39, 0.29) is 18.2 Å². The van der Waals surface area contributed by atoms with Gasteiger partial charge in [-0.3, -0.25) is 4.57 Å². The topological polar surface area (TPSA) is 87.9 Å². The van der Waals surface area contributed by atoms with Gasteiger partial charge in [-0.15, -0.1) is 0 Å². The smallest absolute Gasteiger partial charge is 0.224 e. The summed E-state index contributed by atoms with van der Waals surface area (Å²) < 4.78 is 16.5. The van der Waals surface area contributed by atoms with Gasteiger partial charge in [-0.2, -0.15) is 4.98 Å². The molecule has 31 heavy (non-hydrogen) atoms. The van der Waals surface area contributed by atoms with Gasteiger partial charge in [-0.05, 0) is 56.7 Å². The summed E-state index contributed by atoms with van der Waals surface area (Å²) in [6.45, 7) is 0. The minimum Gasteiger partial charge on any atom is -0.393 e. The van der Waals surface area contributed by atoms with Crippen molar-refractivity contribution in [2.24, 2.45) is 0 Å². The monoisotopic (exact) mass is 444 g/mol. The first kappa shape index (κ1) is 20.5. The van der Waals surface area contributed by atoms with E-state index in [0.29, 0.717) is 28.1 Å². The Morgan fingerprint density at radius 2 is 1.84 bits per heavy atom. The lowest BCUT2D eigenvalue weighted by molar-refractivity contribution is 0.126. The van der Waals surface area contributed by atoms with E-state index >= 15 is 0 Å². The van der Waals surface area contributed by atoms with Gasteiger partial charge >= 0.3 is 0 Å². The van der Waals surface area contributed by atoms with Crippen molar-refractivity contribution in [3.05, 3.63) is 35.2 Å². The lowest BCUT2D eigenvalue weighted by Crippen LogP contribution is -2.29. The lowest BCUT2D eigenvalue weighted by atomic mass is 9.93. The summed E-state index contributed by atoms with van der Waals surface area (Å²) in [5.74, 6) is 0.707. The number of anilines is 3. The van der Waals surface area contributed by atoms with Crippen molar-refractivity contribution in [1.82, 2.24) is 19.5 Å². The second kappa shape index (κ2) is 8.59. The summed E-state index contributed by atoms with van der Waals surface area (Å²) >= 11 is 5.90. The standard InChI is InChI=1S/C22H26ClFN6O/c23-13-5-10-18(17(24)11-13)27-22-28-19-12-25-21(26-14-6-8-16(31)9-7-14)29-20(19)30(22)15-3-1-2-4-15/h5,10-12,14-16,31H,1-4,6-9H2,(H,27,28)(H,25,26,29). The Morgan fingerprint density at radius 1 is 1.06 bits per heavy atom. The number of hydrogen-bond donors (Lipinski definition) is 3. The number of nitrogens with one attached hydrogen (secondary N) is 2. The zero-order valence-electron chi connectivity index (χ0n) is 17.2. The molecule has 0 spiro atoms. The minimum atomic E-state index is -0.426. The molecule has 2 saturated carbocycles. The van der Waals surface area contributed by atoms with Gasteiger partial charge in [0.15, 0.2) is 5.65 Å². The zero-order valence-corrected chi connectivity index (χ0v) is 17.9. The van der Waals surface area contributed by atoms with Crippen LogP contribution in [0.3, 0.4) is 0 Å². The van der Waals surface area contributed by atoms with Crippen LogP contribution < -0.4 is 10.6 Å². The molecule has 0 aliphatic heterocycles. The third kappa shape index (κ3) is 4.32. The van der Waals surface area contributed by atoms with E-state index in [2.05, 4.69) is 25.2 Å². The molecular weight excluding hydrogens is 419 g/mol. The van der Waals surface area contributed by atoms with Crippen molar-refractivity contribution in [2.75, 3.05) is 10.6 Å². The molecule has 0 radical (unpaired) electrons. The minimum absolute atomic E-state index is 0.202. The molecule has 3 aromatic rings. The normalized spacial score (nSPS) is 22.2. The molecule has 3 N–H and O–H groups in total. The second-order valence-electron chi connectivity index (χ2n) is 8.55. The number of aliphatic hydroxyl groups is 1. The van der Waals surface area contributed by atoms with Crippen LogP contribution in [0.25, 0.3) is 11.2 Å². The summed E-state index contributed by atoms with van der Waals surface area (Å²) in [6, 6.07) is 5.07. The van der Waals surface area contributed by atoms with E-state index in [1.165, 1.54) is 6.07 Å². The molecule has 7 nitrogen and oxygen atoms in total. The highest BCUT2D eigenvalue weighted by atomic mass is 35.5. The van der Waals surface area contributed by atoms with E-state index in [1.54, 1.807) is 18.3 Å². The SMILES string of the molecule is OC1CCC(Nc2ncc3nc(Nc4ccc(Cl)cc4F)n(C4CCCC4)c3n2)CC1. The van der Waals surface area contributed by atoms with Gasteiger partial charge in [0.1, 0.15) is 11.3 Å². The molecule has 1 aromatic carbocycles. The molecule has 0 unspecified atom stereocenters. The van der Waals surface area contributed by atoms with Crippen LogP contribution in [-0.4, -0.2) is 36.8 Å². The number of aromatic nitrogens is 4. The number of hydrogen-bond acceptors (Lipinski definition) is 6. The first-order valence-electron chi connectivity index (χ1n) is 11.0. The summed E-state index contributed by atoms with van der Waals surface area (Å²) in [5.41, 5.74) is 1.75. The fourth-order valence-corrected chi connectivity index (χ4v) is 4.83. The van der Waals surface area contributed by atoms with Crippen LogP contribution in [0.15, 0.2) is 24.4 Å². The van der Waals surface area contributed by atoms with Crippen LogP contribution in [0.5, 0.6) is 0 Å². The van der Waals surface area contributed by atoms with Crippen LogP contribution in [0.1, 0.15) is 57.4 Å². The van der Waals surface area contributed by atoms with Gasteiger partial charge in [0.05, 0.1) is 18.0 Å². The summed E-state index contributed by atoms with van der Waals surface area (Å²) in [4.78, 5) is 13.9. The number of benzene rings is 1. The average molecular weight is 445 g/mol. The number of nitrogens with zero attached hydrogens (tertiary/aromatic N) is 4. The van der Waals surface area contributed by atoms with Gasteiger partial charge in [0.2, 0.25) is 11.9 Å². The maximum absolute atomic E-state index is 14.4. The van der Waals surface area contributed by atoms with Gasteiger partial charge in [0, 0.05) is 17.1 Å². The largest absolute Gasteiger partial charge is 0.393 e. The molecular formula is C22H26ClFN6O. The Bertz CT molecular complexity index is 1080. The maximum atomic E-state index is 14.4. The van der Waals surface area contributed by atoms with Gasteiger partial charge in [-0.1, -0.05) is 24.4 Å². The highest BCUT2D eigenvalue weighted by Crippen LogP contribution is 2.36. The summed E-state index contributed by atoms with van der Waals surface area (Å²) in [7, 11) is 0. The van der Waals surface area contributed by atoms with Crippen molar-refractivity contribution in [3.63, 3.8) is 0 Å². The lowest BCUT2D eigenvalue weighted by Gasteiger charge is -2.26. The molecule has 0 bridgehead atoms. The molecule has 0 amide bonds. The van der Waals surface area contributed by atoms with Crippen molar-refractivity contribution < 1.29 is 9.50 Å². The Hall–Kier alpha value is -2.45. The number of imidazole rings is 1. The Balaban J connectivity index is 1.49. The fraction of sp³-hybridized carbons (Fsp3) is 0.500. The zero-order chi connectivity index (χ0) is 21.4. The van der Waals surface area contributed by atoms with Crippen molar-refractivity contribution in [2.45, 2.75) is 69.6 Å². The molecule has 2 aliphatic carbocycles.